The Morgan fingerprint density at radius 1 is 1.50 bits per heavy atom. The Bertz CT molecular complexity index is 204. The fourth-order valence-corrected chi connectivity index (χ4v) is 11.2. The van der Waals surface area contributed by atoms with Crippen molar-refractivity contribution in [3.63, 3.8) is 0 Å². The van der Waals surface area contributed by atoms with Crippen LogP contribution in [0, 0.1) is 17.2 Å². The van der Waals surface area contributed by atoms with Gasteiger partial charge in [0.05, 0.1) is 0 Å². The molecule has 0 saturated heterocycles. The van der Waals surface area contributed by atoms with Crippen LogP contribution in [0.5, 0.6) is 0 Å². The molecule has 12 heavy (non-hydrogen) atoms. The maximum absolute atomic E-state index is 8.41. The first-order valence-corrected chi connectivity index (χ1v) is 10.9. The van der Waals surface area contributed by atoms with Gasteiger partial charge in [0, 0.05) is 0 Å². The number of nitriles is 1. The summed E-state index contributed by atoms with van der Waals surface area (Å²) >= 11 is -1.28. The van der Waals surface area contributed by atoms with Gasteiger partial charge in [0.2, 0.25) is 0 Å². The summed E-state index contributed by atoms with van der Waals surface area (Å²) in [5.74, 6) is 0.827. The Morgan fingerprint density at radius 3 is 2.75 bits per heavy atom. The van der Waals surface area contributed by atoms with Crippen molar-refractivity contribution in [2.75, 3.05) is 0 Å². The van der Waals surface area contributed by atoms with Crippen LogP contribution in [0.4, 0.5) is 0 Å². The monoisotopic (exact) mass is 265 g/mol. The SMILES string of the molecule is CC1C=[CH][In]([CH2]CCC#N)[CH]1C. The molecule has 2 unspecified atom stereocenters. The quantitative estimate of drug-likeness (QED) is 0.720. The van der Waals surface area contributed by atoms with Gasteiger partial charge in [-0.15, -0.1) is 0 Å². The van der Waals surface area contributed by atoms with E-state index in [0.717, 1.165) is 22.4 Å². The van der Waals surface area contributed by atoms with Crippen LogP contribution in [0.1, 0.15) is 26.7 Å². The first-order valence-electron chi connectivity index (χ1n) is 4.81. The second-order valence-electron chi connectivity index (χ2n) is 3.82. The molecule has 2 heteroatoms. The average molecular weight is 265 g/mol. The zero-order chi connectivity index (χ0) is 8.97. The normalized spacial score (nSPS) is 27.6. The van der Waals surface area contributed by atoms with Crippen molar-refractivity contribution in [2.45, 2.75) is 34.5 Å². The van der Waals surface area contributed by atoms with Crippen LogP contribution in [0.25, 0.3) is 0 Å². The minimum absolute atomic E-state index is 0.766. The second-order valence-corrected chi connectivity index (χ2v) is 13.4. The van der Waals surface area contributed by atoms with E-state index >= 15 is 0 Å². The Labute approximate surface area is 83.0 Å². The maximum atomic E-state index is 8.41. The number of rotatable bonds is 3. The molecular weight excluding hydrogens is 249 g/mol. The van der Waals surface area contributed by atoms with Crippen LogP contribution in [-0.2, 0) is 0 Å². The van der Waals surface area contributed by atoms with Crippen LogP contribution < -0.4 is 0 Å². The molecule has 0 spiro atoms. The predicted octanol–water partition coefficient (Wildman–Crippen LogP) is 2.92. The van der Waals surface area contributed by atoms with E-state index in [1.54, 1.807) is 0 Å². The standard InChI is InChI=1S/C6H10.C4H6N.In/c1-4-6(3)5-2;1-2-3-4-5;/h1,4-6H,2-3H3;1-3H2;. The molecule has 0 aliphatic carbocycles. The molecule has 0 N–H and O–H groups in total. The Morgan fingerprint density at radius 2 is 2.25 bits per heavy atom. The number of unbranched alkanes of at least 4 members (excludes halogenated alkanes) is 1. The summed E-state index contributed by atoms with van der Waals surface area (Å²) in [7, 11) is 0. The molecule has 2 atom stereocenters. The number of hydrogen-bond acceptors (Lipinski definition) is 1. The minimum atomic E-state index is -1.28. The molecule has 1 nitrogen and oxygen atoms in total. The Balaban J connectivity index is 2.26. The summed E-state index contributed by atoms with van der Waals surface area (Å²) in [6.07, 6.45) is 4.32. The first-order chi connectivity index (χ1) is 5.75. The van der Waals surface area contributed by atoms with Gasteiger partial charge in [0.1, 0.15) is 0 Å². The molecular formula is C10H16InN. The van der Waals surface area contributed by atoms with E-state index < -0.39 is 21.4 Å². The van der Waals surface area contributed by atoms with Crippen molar-refractivity contribution in [3.05, 3.63) is 9.91 Å². The molecule has 0 fully saturated rings. The van der Waals surface area contributed by atoms with Crippen molar-refractivity contribution >= 4 is 21.4 Å². The fourth-order valence-electron chi connectivity index (χ4n) is 1.83. The van der Waals surface area contributed by atoms with E-state index in [2.05, 4.69) is 29.8 Å². The van der Waals surface area contributed by atoms with Crippen molar-refractivity contribution in [1.82, 2.24) is 0 Å². The summed E-state index contributed by atoms with van der Waals surface area (Å²) < 4.78 is 4.93. The van der Waals surface area contributed by atoms with Gasteiger partial charge in [0.25, 0.3) is 0 Å². The van der Waals surface area contributed by atoms with Crippen molar-refractivity contribution in [3.8, 4) is 6.07 Å². The number of allylic oxidation sites excluding steroid dienone is 1. The van der Waals surface area contributed by atoms with Crippen LogP contribution in [0.2, 0.25) is 7.85 Å². The third-order valence-corrected chi connectivity index (χ3v) is 13.7. The van der Waals surface area contributed by atoms with Crippen molar-refractivity contribution < 1.29 is 0 Å². The van der Waals surface area contributed by atoms with E-state index in [0.29, 0.717) is 0 Å². The van der Waals surface area contributed by atoms with Crippen molar-refractivity contribution in [2.24, 2.45) is 5.92 Å². The summed E-state index contributed by atoms with van der Waals surface area (Å²) in [6.45, 7) is 4.72. The molecule has 0 aromatic rings. The third-order valence-electron chi connectivity index (χ3n) is 2.99. The molecule has 1 rings (SSSR count). The van der Waals surface area contributed by atoms with Gasteiger partial charge in [-0.05, 0) is 0 Å². The second kappa shape index (κ2) is 4.97. The molecule has 1 heterocycles. The van der Waals surface area contributed by atoms with Gasteiger partial charge in [-0.2, -0.15) is 0 Å². The van der Waals surface area contributed by atoms with E-state index in [4.69, 9.17) is 5.26 Å². The van der Waals surface area contributed by atoms with Gasteiger partial charge < -0.3 is 0 Å². The number of nitrogens with zero attached hydrogens (tertiary/aromatic N) is 1. The van der Waals surface area contributed by atoms with Gasteiger partial charge in [-0.1, -0.05) is 0 Å². The molecule has 64 valence electrons. The summed E-state index contributed by atoms with van der Waals surface area (Å²) in [5.41, 5.74) is 0. The van der Waals surface area contributed by atoms with Gasteiger partial charge in [-0.3, -0.25) is 0 Å². The molecule has 0 radical (unpaired) electrons. The Hall–Kier alpha value is 0.100. The topological polar surface area (TPSA) is 23.8 Å². The zero-order valence-corrected chi connectivity index (χ0v) is 11.3. The van der Waals surface area contributed by atoms with E-state index in [1.807, 2.05) is 0 Å². The molecule has 0 bridgehead atoms. The third kappa shape index (κ3) is 2.55. The molecule has 1 aliphatic heterocycles. The molecule has 0 aromatic carbocycles. The number of hydrogen-bond donors (Lipinski definition) is 0. The van der Waals surface area contributed by atoms with E-state index in [-0.39, 0.29) is 0 Å². The van der Waals surface area contributed by atoms with Gasteiger partial charge in [-0.25, -0.2) is 0 Å². The van der Waals surface area contributed by atoms with E-state index in [9.17, 15) is 0 Å². The molecule has 0 saturated carbocycles. The van der Waals surface area contributed by atoms with Gasteiger partial charge in [0.15, 0.2) is 0 Å². The van der Waals surface area contributed by atoms with Crippen LogP contribution in [0.3, 0.4) is 0 Å². The van der Waals surface area contributed by atoms with Gasteiger partial charge >= 0.3 is 83.1 Å². The summed E-state index contributed by atoms with van der Waals surface area (Å²) in [6, 6.07) is 2.23. The van der Waals surface area contributed by atoms with Crippen LogP contribution in [0.15, 0.2) is 9.91 Å². The fraction of sp³-hybridized carbons (Fsp3) is 0.700. The first kappa shape index (κ1) is 10.2. The van der Waals surface area contributed by atoms with Crippen LogP contribution in [-0.4, -0.2) is 21.4 Å². The Kier molecular flexibility index (Phi) is 4.21. The average Bonchev–Trinajstić information content (AvgIpc) is 2.36. The van der Waals surface area contributed by atoms with Crippen molar-refractivity contribution in [1.29, 1.82) is 5.26 Å². The van der Waals surface area contributed by atoms with Crippen LogP contribution >= 0.6 is 0 Å². The molecule has 0 amide bonds. The molecule has 1 aliphatic rings. The summed E-state index contributed by atoms with van der Waals surface area (Å²) in [5, 5.41) is 8.41. The summed E-state index contributed by atoms with van der Waals surface area (Å²) in [4.78, 5) is 0. The predicted molar refractivity (Wildman–Crippen MR) is 53.1 cm³/mol. The zero-order valence-electron chi connectivity index (χ0n) is 7.96. The molecule has 0 aromatic heterocycles. The van der Waals surface area contributed by atoms with E-state index in [1.165, 1.54) is 4.18 Å².